The highest BCUT2D eigenvalue weighted by Gasteiger charge is 1.98. The molecule has 1 rings (SSSR count). The lowest BCUT2D eigenvalue weighted by molar-refractivity contribution is 0.484. The van der Waals surface area contributed by atoms with Crippen molar-refractivity contribution in [1.29, 1.82) is 0 Å². The summed E-state index contributed by atoms with van der Waals surface area (Å²) in [7, 11) is -4.34. The fourth-order valence-corrected chi connectivity index (χ4v) is 1.85. The van der Waals surface area contributed by atoms with Gasteiger partial charge in [0.1, 0.15) is 0 Å². The molecule has 1 aromatic rings. The topological polar surface area (TPSA) is 98.3 Å². The van der Waals surface area contributed by atoms with Gasteiger partial charge in [0.2, 0.25) is 0 Å². The molecule has 11 heavy (non-hydrogen) atoms. The summed E-state index contributed by atoms with van der Waals surface area (Å²) in [5, 5.41) is 2.43. The van der Waals surface area contributed by atoms with Crippen LogP contribution >= 0.6 is 23.8 Å². The van der Waals surface area contributed by atoms with Crippen molar-refractivity contribution >= 4 is 34.1 Å². The first-order chi connectivity index (χ1) is 4.99. The van der Waals surface area contributed by atoms with Gasteiger partial charge in [-0.25, -0.2) is 0 Å². The highest BCUT2D eigenvalue weighted by Crippen LogP contribution is 1.84. The summed E-state index contributed by atoms with van der Waals surface area (Å²) in [4.78, 5) is 0. The molecule has 0 radical (unpaired) electrons. The maximum Gasteiger partial charge on any atom is 0.379 e. The Morgan fingerprint density at radius 2 is 2.27 bits per heavy atom. The van der Waals surface area contributed by atoms with Crippen molar-refractivity contribution in [2.45, 2.75) is 0 Å². The Labute approximate surface area is 70.6 Å². The smallest absolute Gasteiger partial charge is 0.279 e. The third-order valence-electron chi connectivity index (χ3n) is 0.705. The van der Waals surface area contributed by atoms with Gasteiger partial charge in [-0.2, -0.15) is 8.42 Å². The van der Waals surface area contributed by atoms with E-state index in [1.165, 1.54) is 0 Å². The lowest BCUT2D eigenvalue weighted by atomic mass is 11.0. The fraction of sp³-hybridized carbons (Fsp3) is 0. The van der Waals surface area contributed by atoms with Gasteiger partial charge in [-0.15, -0.1) is 4.40 Å². The molecule has 0 atom stereocenters. The van der Waals surface area contributed by atoms with E-state index in [1.807, 2.05) is 0 Å². The van der Waals surface area contributed by atoms with E-state index in [4.69, 9.17) is 4.55 Å². The van der Waals surface area contributed by atoms with Crippen LogP contribution < -0.4 is 4.67 Å². The molecule has 0 unspecified atom stereocenters. The predicted molar refractivity (Wildman–Crippen MR) is 41.0 cm³/mol. The van der Waals surface area contributed by atoms with Gasteiger partial charge >= 0.3 is 10.3 Å². The summed E-state index contributed by atoms with van der Waals surface area (Å²) < 4.78 is 34.2. The lowest BCUT2D eigenvalue weighted by Gasteiger charge is -1.77. The van der Waals surface area contributed by atoms with Crippen LogP contribution in [-0.2, 0) is 10.3 Å². The number of hydrogen-bond donors (Lipinski definition) is 3. The number of aromatic amines is 2. The minimum absolute atomic E-state index is 0.0301. The Hall–Kier alpha value is -0.510. The zero-order valence-corrected chi connectivity index (χ0v) is 7.39. The Morgan fingerprint density at radius 3 is 2.64 bits per heavy atom. The molecule has 0 bridgehead atoms. The van der Waals surface area contributed by atoms with Crippen LogP contribution in [0.5, 0.6) is 0 Å². The van der Waals surface area contributed by atoms with Crippen LogP contribution in [0.2, 0.25) is 0 Å². The van der Waals surface area contributed by atoms with Crippen LogP contribution in [0.15, 0.2) is 4.40 Å². The van der Waals surface area contributed by atoms with E-state index >= 15 is 0 Å². The van der Waals surface area contributed by atoms with Gasteiger partial charge in [0.05, 0.1) is 0 Å². The van der Waals surface area contributed by atoms with Gasteiger partial charge < -0.3 is 0 Å². The highest BCUT2D eigenvalue weighted by atomic mass is 32.2. The molecule has 0 aliphatic carbocycles. The van der Waals surface area contributed by atoms with Gasteiger partial charge in [0, 0.05) is 0 Å². The molecule has 0 saturated heterocycles. The second-order valence-electron chi connectivity index (χ2n) is 1.50. The molecule has 0 amide bonds. The van der Waals surface area contributed by atoms with E-state index in [-0.39, 0.29) is 9.31 Å². The summed E-state index contributed by atoms with van der Waals surface area (Å²) in [5.41, 5.74) is 0. The number of aromatic nitrogens is 2. The third kappa shape index (κ3) is 2.54. The second kappa shape index (κ2) is 2.85. The first-order valence-corrected chi connectivity index (χ1v) is 4.91. The van der Waals surface area contributed by atoms with Crippen molar-refractivity contribution in [3.63, 3.8) is 0 Å². The summed E-state index contributed by atoms with van der Waals surface area (Å²) in [5.74, 6) is 0. The zero-order chi connectivity index (χ0) is 8.48. The average molecular weight is 213 g/mol. The van der Waals surface area contributed by atoms with Crippen LogP contribution in [0.4, 0.5) is 0 Å². The molecule has 1 heterocycles. The summed E-state index contributed by atoms with van der Waals surface area (Å²) >= 11 is 5.49. The van der Waals surface area contributed by atoms with E-state index < -0.39 is 10.3 Å². The maximum atomic E-state index is 10.2. The van der Waals surface area contributed by atoms with Gasteiger partial charge in [-0.1, -0.05) is 12.2 Å². The van der Waals surface area contributed by atoms with Crippen LogP contribution in [-0.4, -0.2) is 22.6 Å². The first kappa shape index (κ1) is 8.59. The Morgan fingerprint density at radius 1 is 1.64 bits per heavy atom. The molecule has 0 aliphatic heterocycles. The number of nitrogens with one attached hydrogen (secondary N) is 2. The quantitative estimate of drug-likeness (QED) is 0.446. The van der Waals surface area contributed by atoms with Crippen LogP contribution in [0, 0.1) is 4.64 Å². The summed E-state index contributed by atoms with van der Waals surface area (Å²) in [6, 6.07) is 0. The average Bonchev–Trinajstić information content (AvgIpc) is 2.12. The normalized spacial score (nSPS) is 13.7. The number of rotatable bonds is 1. The molecular formula is C2H3N3O3S3. The molecule has 0 aromatic carbocycles. The maximum absolute atomic E-state index is 10.2. The number of hydrogen-bond acceptors (Lipinski definition) is 4. The van der Waals surface area contributed by atoms with Crippen molar-refractivity contribution in [3.8, 4) is 0 Å². The number of nitrogens with zero attached hydrogens (tertiary/aromatic N) is 1. The fourth-order valence-electron chi connectivity index (χ4n) is 0.385. The summed E-state index contributed by atoms with van der Waals surface area (Å²) in [6.45, 7) is 0. The SMILES string of the molecule is O=S(=O)(O)N=c1s[nH][nH]c1=S. The monoisotopic (exact) mass is 213 g/mol. The van der Waals surface area contributed by atoms with E-state index in [1.54, 1.807) is 0 Å². The molecule has 0 spiro atoms. The van der Waals surface area contributed by atoms with Crippen molar-refractivity contribution < 1.29 is 13.0 Å². The zero-order valence-electron chi connectivity index (χ0n) is 4.94. The van der Waals surface area contributed by atoms with Gasteiger partial charge in [0.25, 0.3) is 0 Å². The van der Waals surface area contributed by atoms with Gasteiger partial charge in [-0.3, -0.25) is 14.1 Å². The van der Waals surface area contributed by atoms with Crippen LogP contribution in [0.1, 0.15) is 0 Å². The Kier molecular flexibility index (Phi) is 2.23. The first-order valence-electron chi connectivity index (χ1n) is 2.28. The van der Waals surface area contributed by atoms with Crippen LogP contribution in [0.25, 0.3) is 0 Å². The molecule has 0 fully saturated rings. The lowest BCUT2D eigenvalue weighted by Crippen LogP contribution is -2.01. The molecule has 62 valence electrons. The molecule has 3 N–H and O–H groups in total. The second-order valence-corrected chi connectivity index (χ2v) is 3.78. The van der Waals surface area contributed by atoms with E-state index in [9.17, 15) is 8.42 Å². The summed E-state index contributed by atoms with van der Waals surface area (Å²) in [6.07, 6.45) is 0. The highest BCUT2D eigenvalue weighted by molar-refractivity contribution is 7.84. The van der Waals surface area contributed by atoms with Crippen molar-refractivity contribution in [2.75, 3.05) is 0 Å². The van der Waals surface area contributed by atoms with Crippen molar-refractivity contribution in [1.82, 2.24) is 9.59 Å². The van der Waals surface area contributed by atoms with Crippen molar-refractivity contribution in [2.24, 2.45) is 4.40 Å². The molecular weight excluding hydrogens is 210 g/mol. The molecule has 6 nitrogen and oxygen atoms in total. The molecule has 1 aromatic heterocycles. The van der Waals surface area contributed by atoms with E-state index in [2.05, 4.69) is 26.2 Å². The Balaban J connectivity index is 3.45. The number of H-pyrrole nitrogens is 2. The van der Waals surface area contributed by atoms with Crippen molar-refractivity contribution in [3.05, 3.63) is 9.31 Å². The standard InChI is InChI=1S/C2H3N3O3S3/c6-11(7,8)4-2-1(9)3-5-10-2/h5H,(H,3,9)(H,6,7,8). The molecule has 9 heteroatoms. The van der Waals surface area contributed by atoms with E-state index in [0.29, 0.717) is 0 Å². The third-order valence-corrected chi connectivity index (χ3v) is 2.35. The van der Waals surface area contributed by atoms with Gasteiger partial charge in [0.15, 0.2) is 9.31 Å². The largest absolute Gasteiger partial charge is 0.379 e. The van der Waals surface area contributed by atoms with E-state index in [0.717, 1.165) is 11.5 Å². The van der Waals surface area contributed by atoms with Crippen LogP contribution in [0.3, 0.4) is 0 Å². The predicted octanol–water partition coefficient (Wildman–Crippen LogP) is -0.163. The van der Waals surface area contributed by atoms with Gasteiger partial charge in [-0.05, 0) is 11.5 Å². The molecule has 0 saturated carbocycles. The molecule has 0 aliphatic rings. The minimum Gasteiger partial charge on any atom is -0.279 e. The minimum atomic E-state index is -4.34. The Bertz CT molecular complexity index is 446.